The monoisotopic (exact) mass is 324 g/mol. The van der Waals surface area contributed by atoms with Gasteiger partial charge in [0.05, 0.1) is 17.1 Å². The smallest absolute Gasteiger partial charge is 0.173 e. The number of aromatic nitrogens is 4. The molecule has 1 N–H and O–H groups in total. The van der Waals surface area contributed by atoms with Crippen LogP contribution in [0.4, 0.5) is 0 Å². The highest BCUT2D eigenvalue weighted by atomic mass is 15.2. The Morgan fingerprint density at radius 2 is 2.12 bits per heavy atom. The maximum absolute atomic E-state index is 4.82. The maximum Gasteiger partial charge on any atom is 0.173 e. The molecular formula is C18H24N6. The Morgan fingerprint density at radius 1 is 1.21 bits per heavy atom. The molecule has 4 heterocycles. The molecule has 6 heteroatoms. The normalized spacial score (nSPS) is 18.3. The molecule has 0 aliphatic carbocycles. The minimum Gasteiger partial charge on any atom is -0.294 e. The van der Waals surface area contributed by atoms with Crippen molar-refractivity contribution < 1.29 is 0 Å². The van der Waals surface area contributed by atoms with Gasteiger partial charge in [0.2, 0.25) is 0 Å². The van der Waals surface area contributed by atoms with Crippen molar-refractivity contribution in [3.8, 4) is 0 Å². The fourth-order valence-corrected chi connectivity index (χ4v) is 3.56. The number of hydrogen-bond acceptors (Lipinski definition) is 5. The van der Waals surface area contributed by atoms with E-state index in [2.05, 4.69) is 38.9 Å². The van der Waals surface area contributed by atoms with Crippen LogP contribution in [-0.4, -0.2) is 43.9 Å². The lowest BCUT2D eigenvalue weighted by Gasteiger charge is -2.28. The molecule has 0 aromatic carbocycles. The van der Waals surface area contributed by atoms with E-state index in [1.807, 2.05) is 6.20 Å². The number of rotatable bonds is 3. The summed E-state index contributed by atoms with van der Waals surface area (Å²) in [5.41, 5.74) is 7.12. The largest absolute Gasteiger partial charge is 0.294 e. The number of nitrogens with one attached hydrogen (secondary N) is 1. The average molecular weight is 324 g/mol. The van der Waals surface area contributed by atoms with Crippen molar-refractivity contribution in [1.82, 2.24) is 25.1 Å². The summed E-state index contributed by atoms with van der Waals surface area (Å²) in [5, 5.41) is 7.37. The Balaban J connectivity index is 1.50. The van der Waals surface area contributed by atoms with Gasteiger partial charge in [-0.2, -0.15) is 5.10 Å². The van der Waals surface area contributed by atoms with Crippen molar-refractivity contribution in [2.45, 2.75) is 52.6 Å². The van der Waals surface area contributed by atoms with E-state index in [0.717, 1.165) is 56.3 Å². The van der Waals surface area contributed by atoms with Crippen LogP contribution in [0.5, 0.6) is 0 Å². The van der Waals surface area contributed by atoms with E-state index in [1.54, 1.807) is 0 Å². The molecule has 2 aliphatic rings. The summed E-state index contributed by atoms with van der Waals surface area (Å²) in [4.78, 5) is 16.5. The van der Waals surface area contributed by atoms with Gasteiger partial charge in [-0.3, -0.25) is 15.0 Å². The Labute approximate surface area is 142 Å². The van der Waals surface area contributed by atoms with Crippen LogP contribution >= 0.6 is 0 Å². The molecule has 2 aliphatic heterocycles. The van der Waals surface area contributed by atoms with Crippen molar-refractivity contribution in [3.63, 3.8) is 0 Å². The second-order valence-electron chi connectivity index (χ2n) is 6.82. The molecule has 0 spiro atoms. The van der Waals surface area contributed by atoms with Gasteiger partial charge in [-0.1, -0.05) is 0 Å². The second-order valence-corrected chi connectivity index (χ2v) is 6.82. The van der Waals surface area contributed by atoms with Crippen molar-refractivity contribution in [3.05, 3.63) is 40.2 Å². The number of aromatic amines is 1. The third-order valence-corrected chi connectivity index (χ3v) is 5.06. The molecule has 6 nitrogen and oxygen atoms in total. The highest BCUT2D eigenvalue weighted by Crippen LogP contribution is 2.21. The van der Waals surface area contributed by atoms with Crippen LogP contribution in [0, 0.1) is 13.8 Å². The second kappa shape index (κ2) is 6.43. The Kier molecular flexibility index (Phi) is 4.14. The van der Waals surface area contributed by atoms with E-state index < -0.39 is 0 Å². The van der Waals surface area contributed by atoms with Crippen molar-refractivity contribution >= 4 is 5.71 Å². The van der Waals surface area contributed by atoms with Gasteiger partial charge in [0.15, 0.2) is 5.82 Å². The van der Waals surface area contributed by atoms with Crippen molar-refractivity contribution in [2.24, 2.45) is 4.99 Å². The Hall–Kier alpha value is -2.08. The first-order valence-electron chi connectivity index (χ1n) is 8.82. The standard InChI is InChI=1S/C18H24N6/c1-12-15(13(2)23-22-12)11-24-8-6-16-14(10-24)9-20-18(21-16)17-5-3-4-7-19-17/h9H,3-8,10-11H2,1-2H3,(H,22,23). The molecule has 0 saturated carbocycles. The van der Waals surface area contributed by atoms with E-state index in [1.165, 1.54) is 35.4 Å². The summed E-state index contributed by atoms with van der Waals surface area (Å²) in [6, 6.07) is 0. The van der Waals surface area contributed by atoms with Crippen molar-refractivity contribution in [2.75, 3.05) is 13.1 Å². The minimum absolute atomic E-state index is 0.850. The molecule has 0 amide bonds. The lowest BCUT2D eigenvalue weighted by molar-refractivity contribution is 0.242. The van der Waals surface area contributed by atoms with E-state index >= 15 is 0 Å². The molecule has 0 unspecified atom stereocenters. The third-order valence-electron chi connectivity index (χ3n) is 5.06. The molecular weight excluding hydrogens is 300 g/mol. The molecule has 126 valence electrons. The van der Waals surface area contributed by atoms with Gasteiger partial charge >= 0.3 is 0 Å². The fraction of sp³-hybridized carbons (Fsp3) is 0.556. The molecule has 24 heavy (non-hydrogen) atoms. The first-order chi connectivity index (χ1) is 11.7. The van der Waals surface area contributed by atoms with Crippen LogP contribution in [0.3, 0.4) is 0 Å². The lowest BCUT2D eigenvalue weighted by atomic mass is 10.0. The zero-order valence-corrected chi connectivity index (χ0v) is 14.5. The summed E-state index contributed by atoms with van der Waals surface area (Å²) < 4.78 is 0. The van der Waals surface area contributed by atoms with Gasteiger partial charge in [-0.15, -0.1) is 0 Å². The molecule has 0 atom stereocenters. The number of nitrogens with zero attached hydrogens (tertiary/aromatic N) is 5. The van der Waals surface area contributed by atoms with Crippen LogP contribution < -0.4 is 0 Å². The summed E-state index contributed by atoms with van der Waals surface area (Å²) in [5.74, 6) is 0.850. The van der Waals surface area contributed by atoms with E-state index in [0.29, 0.717) is 0 Å². The lowest BCUT2D eigenvalue weighted by Crippen LogP contribution is -2.31. The van der Waals surface area contributed by atoms with Gasteiger partial charge in [-0.05, 0) is 33.1 Å². The molecule has 4 rings (SSSR count). The molecule has 2 aromatic rings. The van der Waals surface area contributed by atoms with E-state index in [9.17, 15) is 0 Å². The minimum atomic E-state index is 0.850. The summed E-state index contributed by atoms with van der Waals surface area (Å²) in [7, 11) is 0. The van der Waals surface area contributed by atoms with Gasteiger partial charge in [0.25, 0.3) is 0 Å². The van der Waals surface area contributed by atoms with Crippen LogP contribution in [0.1, 0.15) is 53.3 Å². The predicted molar refractivity (Wildman–Crippen MR) is 93.2 cm³/mol. The topological polar surface area (TPSA) is 70.1 Å². The average Bonchev–Trinajstić information content (AvgIpc) is 2.94. The molecule has 0 radical (unpaired) electrons. The number of hydrogen-bond donors (Lipinski definition) is 1. The molecule has 2 aromatic heterocycles. The molecule has 0 saturated heterocycles. The highest BCUT2D eigenvalue weighted by Gasteiger charge is 2.21. The number of aryl methyl sites for hydroxylation is 2. The maximum atomic E-state index is 4.82. The first-order valence-corrected chi connectivity index (χ1v) is 8.82. The zero-order chi connectivity index (χ0) is 16.5. The van der Waals surface area contributed by atoms with Crippen LogP contribution in [-0.2, 0) is 19.5 Å². The Morgan fingerprint density at radius 3 is 2.88 bits per heavy atom. The Bertz CT molecular complexity index is 756. The molecule has 0 fully saturated rings. The quantitative estimate of drug-likeness (QED) is 0.941. The van der Waals surface area contributed by atoms with Crippen LogP contribution in [0.25, 0.3) is 0 Å². The van der Waals surface area contributed by atoms with Crippen molar-refractivity contribution in [1.29, 1.82) is 0 Å². The third kappa shape index (κ3) is 2.98. The highest BCUT2D eigenvalue weighted by molar-refractivity contribution is 5.97. The van der Waals surface area contributed by atoms with Gasteiger partial charge in [0, 0.05) is 55.6 Å². The van der Waals surface area contributed by atoms with Gasteiger partial charge in [-0.25, -0.2) is 9.97 Å². The van der Waals surface area contributed by atoms with Crippen LogP contribution in [0.2, 0.25) is 0 Å². The van der Waals surface area contributed by atoms with Gasteiger partial charge < -0.3 is 0 Å². The SMILES string of the molecule is Cc1n[nH]c(C)c1CN1CCc2nc(C3=NCCCC3)ncc2C1. The van der Waals surface area contributed by atoms with E-state index in [4.69, 9.17) is 4.98 Å². The zero-order valence-electron chi connectivity index (χ0n) is 14.5. The number of H-pyrrole nitrogens is 1. The summed E-state index contributed by atoms with van der Waals surface area (Å²) >= 11 is 0. The summed E-state index contributed by atoms with van der Waals surface area (Å²) in [6.45, 7) is 7.95. The fourth-order valence-electron chi connectivity index (χ4n) is 3.56. The van der Waals surface area contributed by atoms with E-state index in [-0.39, 0.29) is 0 Å². The predicted octanol–water partition coefficient (Wildman–Crippen LogP) is 2.35. The molecule has 0 bridgehead atoms. The summed E-state index contributed by atoms with van der Waals surface area (Å²) in [6.07, 6.45) is 6.40. The number of aliphatic imine (C=N–C) groups is 1. The number of fused-ring (bicyclic) bond motifs is 1. The first kappa shape index (κ1) is 15.4. The van der Waals surface area contributed by atoms with Gasteiger partial charge in [0.1, 0.15) is 0 Å². The van der Waals surface area contributed by atoms with Crippen LogP contribution in [0.15, 0.2) is 11.2 Å².